The van der Waals surface area contributed by atoms with Crippen molar-refractivity contribution >= 4 is 37.6 Å². The molecule has 114 valence electrons. The molecule has 1 amide bonds. The summed E-state index contributed by atoms with van der Waals surface area (Å²) in [5.74, 6) is -1.07. The zero-order valence-electron chi connectivity index (χ0n) is 11.0. The van der Waals surface area contributed by atoms with Crippen molar-refractivity contribution in [3.05, 3.63) is 34.3 Å². The molecule has 0 unspecified atom stereocenters. The smallest absolute Gasteiger partial charge is 0.338 e. The summed E-state index contributed by atoms with van der Waals surface area (Å²) in [6.07, 6.45) is 0.398. The third-order valence-corrected chi connectivity index (χ3v) is 5.31. The van der Waals surface area contributed by atoms with Crippen LogP contribution in [0.5, 0.6) is 0 Å². The van der Waals surface area contributed by atoms with Crippen molar-refractivity contribution in [1.82, 2.24) is 5.32 Å². The molecule has 0 bridgehead atoms. The third kappa shape index (κ3) is 4.82. The maximum atomic E-state index is 11.7. The van der Waals surface area contributed by atoms with E-state index in [1.165, 1.54) is 0 Å². The third-order valence-electron chi connectivity index (χ3n) is 3.01. The Balaban J connectivity index is 1.79. The summed E-state index contributed by atoms with van der Waals surface area (Å²) in [7, 11) is -3.05. The summed E-state index contributed by atoms with van der Waals surface area (Å²) in [5, 5.41) is 2.55. The second-order valence-corrected chi connectivity index (χ2v) is 7.89. The molecule has 1 N–H and O–H groups in total. The van der Waals surface area contributed by atoms with Gasteiger partial charge < -0.3 is 10.1 Å². The molecule has 1 aliphatic rings. The maximum Gasteiger partial charge on any atom is 0.338 e. The summed E-state index contributed by atoms with van der Waals surface area (Å²) >= 11 is 3.25. The molecule has 1 saturated heterocycles. The Morgan fingerprint density at radius 1 is 1.29 bits per heavy atom. The average Bonchev–Trinajstić information content (AvgIpc) is 2.76. The zero-order chi connectivity index (χ0) is 15.5. The van der Waals surface area contributed by atoms with Gasteiger partial charge in [-0.05, 0) is 30.7 Å². The van der Waals surface area contributed by atoms with E-state index in [-0.39, 0.29) is 11.5 Å². The van der Waals surface area contributed by atoms with Gasteiger partial charge in [-0.2, -0.15) is 0 Å². The number of nitrogens with one attached hydrogen (secondary N) is 1. The Labute approximate surface area is 130 Å². The molecule has 0 aromatic heterocycles. The fraction of sp³-hybridized carbons (Fsp3) is 0.385. The number of esters is 1. The lowest BCUT2D eigenvalue weighted by Gasteiger charge is -2.11. The minimum atomic E-state index is -3.05. The highest BCUT2D eigenvalue weighted by Gasteiger charge is 2.29. The van der Waals surface area contributed by atoms with Crippen molar-refractivity contribution in [3.63, 3.8) is 0 Å². The Bertz CT molecular complexity index is 641. The largest absolute Gasteiger partial charge is 0.452 e. The number of rotatable bonds is 4. The molecule has 1 fully saturated rings. The van der Waals surface area contributed by atoms with E-state index in [9.17, 15) is 18.0 Å². The van der Waals surface area contributed by atoms with Gasteiger partial charge in [0.05, 0.1) is 17.1 Å². The topological polar surface area (TPSA) is 89.5 Å². The molecule has 0 aliphatic carbocycles. The first-order valence-corrected chi connectivity index (χ1v) is 8.90. The monoisotopic (exact) mass is 375 g/mol. The van der Waals surface area contributed by atoms with Gasteiger partial charge in [0, 0.05) is 10.5 Å². The Morgan fingerprint density at radius 3 is 2.52 bits per heavy atom. The number of benzene rings is 1. The number of halogens is 1. The van der Waals surface area contributed by atoms with E-state index in [1.54, 1.807) is 24.3 Å². The van der Waals surface area contributed by atoms with Crippen LogP contribution in [0, 0.1) is 0 Å². The fourth-order valence-electron chi connectivity index (χ4n) is 1.98. The van der Waals surface area contributed by atoms with Crippen LogP contribution in [0.3, 0.4) is 0 Å². The van der Waals surface area contributed by atoms with E-state index in [1.807, 2.05) is 0 Å². The van der Waals surface area contributed by atoms with Gasteiger partial charge in [-0.1, -0.05) is 15.9 Å². The summed E-state index contributed by atoms with van der Waals surface area (Å²) in [6, 6.07) is 6.15. The van der Waals surface area contributed by atoms with Gasteiger partial charge in [-0.15, -0.1) is 0 Å². The van der Waals surface area contributed by atoms with Crippen LogP contribution < -0.4 is 5.32 Å². The van der Waals surface area contributed by atoms with Crippen molar-refractivity contribution in [3.8, 4) is 0 Å². The van der Waals surface area contributed by atoms with Crippen LogP contribution in [-0.4, -0.2) is 44.4 Å². The highest BCUT2D eigenvalue weighted by Crippen LogP contribution is 2.12. The van der Waals surface area contributed by atoms with E-state index >= 15 is 0 Å². The lowest BCUT2D eigenvalue weighted by atomic mass is 10.2. The van der Waals surface area contributed by atoms with Crippen LogP contribution in [0.25, 0.3) is 0 Å². The maximum absolute atomic E-state index is 11.7. The van der Waals surface area contributed by atoms with Crippen LogP contribution in [0.15, 0.2) is 28.7 Å². The molecule has 1 heterocycles. The first kappa shape index (κ1) is 16.0. The summed E-state index contributed by atoms with van der Waals surface area (Å²) in [4.78, 5) is 23.3. The van der Waals surface area contributed by atoms with Gasteiger partial charge in [-0.3, -0.25) is 4.79 Å². The van der Waals surface area contributed by atoms with E-state index in [2.05, 4.69) is 21.2 Å². The lowest BCUT2D eigenvalue weighted by molar-refractivity contribution is -0.124. The van der Waals surface area contributed by atoms with Gasteiger partial charge in [0.25, 0.3) is 5.91 Å². The van der Waals surface area contributed by atoms with Crippen molar-refractivity contribution in [1.29, 1.82) is 0 Å². The van der Waals surface area contributed by atoms with E-state index in [0.29, 0.717) is 12.0 Å². The number of ether oxygens (including phenoxy) is 1. The SMILES string of the molecule is O=C(COC(=O)c1ccc(Br)cc1)N[C@H]1CCS(=O)(=O)C1. The van der Waals surface area contributed by atoms with Gasteiger partial charge >= 0.3 is 5.97 Å². The molecule has 0 saturated carbocycles. The minimum Gasteiger partial charge on any atom is -0.452 e. The Kier molecular flexibility index (Phi) is 5.00. The molecule has 21 heavy (non-hydrogen) atoms. The van der Waals surface area contributed by atoms with E-state index in [0.717, 1.165) is 4.47 Å². The standard InChI is InChI=1S/C13H14BrNO5S/c14-10-3-1-9(2-4-10)13(17)20-7-12(16)15-11-5-6-21(18,19)8-11/h1-4,11H,5-8H2,(H,15,16)/t11-/m0/s1. The van der Waals surface area contributed by atoms with E-state index in [4.69, 9.17) is 4.74 Å². The Morgan fingerprint density at radius 2 is 1.95 bits per heavy atom. The molecule has 8 heteroatoms. The molecule has 0 radical (unpaired) electrons. The molecule has 1 atom stereocenters. The van der Waals surface area contributed by atoms with Crippen LogP contribution in [0.4, 0.5) is 0 Å². The van der Waals surface area contributed by atoms with Crippen molar-refractivity contribution in [2.75, 3.05) is 18.1 Å². The fourth-order valence-corrected chi connectivity index (χ4v) is 3.92. The molecule has 1 aromatic rings. The molecule has 1 aliphatic heterocycles. The molecule has 1 aromatic carbocycles. The number of amides is 1. The van der Waals surface area contributed by atoms with Crippen LogP contribution >= 0.6 is 15.9 Å². The predicted molar refractivity (Wildman–Crippen MR) is 79.6 cm³/mol. The number of carbonyl (C=O) groups is 2. The van der Waals surface area contributed by atoms with E-state index < -0.39 is 34.4 Å². The normalized spacial score (nSPS) is 20.0. The first-order valence-electron chi connectivity index (χ1n) is 6.28. The molecule has 2 rings (SSSR count). The number of sulfone groups is 1. The average molecular weight is 376 g/mol. The van der Waals surface area contributed by atoms with Gasteiger partial charge in [0.15, 0.2) is 16.4 Å². The second kappa shape index (κ2) is 6.57. The quantitative estimate of drug-likeness (QED) is 0.789. The number of hydrogen-bond donors (Lipinski definition) is 1. The number of hydrogen-bond acceptors (Lipinski definition) is 5. The Hall–Kier alpha value is -1.41. The first-order chi connectivity index (χ1) is 9.85. The lowest BCUT2D eigenvalue weighted by Crippen LogP contribution is -2.38. The van der Waals surface area contributed by atoms with Gasteiger partial charge in [-0.25, -0.2) is 13.2 Å². The second-order valence-electron chi connectivity index (χ2n) is 4.75. The van der Waals surface area contributed by atoms with Crippen molar-refractivity contribution < 1.29 is 22.7 Å². The summed E-state index contributed by atoms with van der Waals surface area (Å²) in [5.41, 5.74) is 0.342. The van der Waals surface area contributed by atoms with Gasteiger partial charge in [0.1, 0.15) is 0 Å². The summed E-state index contributed by atoms with van der Waals surface area (Å²) < 4.78 is 28.2. The molecule has 0 spiro atoms. The molecule has 6 nitrogen and oxygen atoms in total. The number of carbonyl (C=O) groups excluding carboxylic acids is 2. The minimum absolute atomic E-state index is 0.0562. The highest BCUT2D eigenvalue weighted by molar-refractivity contribution is 9.10. The highest BCUT2D eigenvalue weighted by atomic mass is 79.9. The van der Waals surface area contributed by atoms with Crippen LogP contribution in [-0.2, 0) is 19.4 Å². The molecular weight excluding hydrogens is 362 g/mol. The zero-order valence-corrected chi connectivity index (χ0v) is 13.4. The van der Waals surface area contributed by atoms with Crippen LogP contribution in [0.1, 0.15) is 16.8 Å². The van der Waals surface area contributed by atoms with Crippen LogP contribution in [0.2, 0.25) is 0 Å². The summed E-state index contributed by atoms with van der Waals surface area (Å²) in [6.45, 7) is -0.425. The predicted octanol–water partition coefficient (Wildman–Crippen LogP) is 0.909. The van der Waals surface area contributed by atoms with Gasteiger partial charge in [0.2, 0.25) is 0 Å². The van der Waals surface area contributed by atoms with Crippen molar-refractivity contribution in [2.45, 2.75) is 12.5 Å². The molecular formula is C13H14BrNO5S. The van der Waals surface area contributed by atoms with Crippen molar-refractivity contribution in [2.24, 2.45) is 0 Å².